The molecule has 6 heteroatoms. The molecule has 0 spiro atoms. The highest BCUT2D eigenvalue weighted by Gasteiger charge is 2.25. The second-order valence-corrected chi connectivity index (χ2v) is 4.57. The summed E-state index contributed by atoms with van der Waals surface area (Å²) in [5.74, 6) is 0. The van der Waals surface area contributed by atoms with E-state index in [4.69, 9.17) is 5.26 Å². The van der Waals surface area contributed by atoms with Gasteiger partial charge in [-0.25, -0.2) is 4.79 Å². The lowest BCUT2D eigenvalue weighted by Gasteiger charge is -2.22. The average Bonchev–Trinajstić information content (AvgIpc) is 2.62. The zero-order valence-electron chi connectivity index (χ0n) is 9.98. The number of carbonyl (C=O) groups excluding carboxylic acids is 1. The van der Waals surface area contributed by atoms with Crippen LogP contribution in [0.2, 0.25) is 0 Å². The molecule has 2 aliphatic rings. The van der Waals surface area contributed by atoms with Crippen molar-refractivity contribution in [2.45, 2.75) is 18.9 Å². The number of likely N-dealkylation sites (tertiary alicyclic amines) is 1. The smallest absolute Gasteiger partial charge is 0.317 e. The third kappa shape index (κ3) is 3.24. The second kappa shape index (κ2) is 5.73. The number of nitriles is 1. The van der Waals surface area contributed by atoms with Crippen LogP contribution in [0.5, 0.6) is 0 Å². The molecule has 2 heterocycles. The highest BCUT2D eigenvalue weighted by molar-refractivity contribution is 5.74. The van der Waals surface area contributed by atoms with E-state index in [2.05, 4.69) is 16.8 Å². The molecule has 0 saturated carbocycles. The van der Waals surface area contributed by atoms with Gasteiger partial charge in [0.25, 0.3) is 0 Å². The van der Waals surface area contributed by atoms with Gasteiger partial charge in [0.15, 0.2) is 6.19 Å². The van der Waals surface area contributed by atoms with Crippen molar-refractivity contribution >= 4 is 6.03 Å². The second-order valence-electron chi connectivity index (χ2n) is 4.57. The van der Waals surface area contributed by atoms with Gasteiger partial charge in [-0.05, 0) is 19.4 Å². The molecule has 2 rings (SSSR count). The molecule has 6 nitrogen and oxygen atoms in total. The minimum atomic E-state index is 0.0125. The fourth-order valence-electron chi connectivity index (χ4n) is 2.28. The Labute approximate surface area is 102 Å². The molecule has 0 aromatic carbocycles. The maximum atomic E-state index is 12.0. The Morgan fingerprint density at radius 2 is 2.24 bits per heavy atom. The van der Waals surface area contributed by atoms with Crippen LogP contribution in [0.4, 0.5) is 4.79 Å². The van der Waals surface area contributed by atoms with Gasteiger partial charge in [-0.15, -0.1) is 0 Å². The van der Waals surface area contributed by atoms with Crippen molar-refractivity contribution in [1.29, 1.82) is 5.26 Å². The van der Waals surface area contributed by atoms with Crippen molar-refractivity contribution in [3.05, 3.63) is 0 Å². The maximum Gasteiger partial charge on any atom is 0.317 e. The van der Waals surface area contributed by atoms with E-state index in [-0.39, 0.29) is 12.1 Å². The van der Waals surface area contributed by atoms with Gasteiger partial charge in [-0.1, -0.05) is 0 Å². The molecule has 94 valence electrons. The molecule has 1 unspecified atom stereocenters. The van der Waals surface area contributed by atoms with Crippen LogP contribution in [0.1, 0.15) is 12.8 Å². The van der Waals surface area contributed by atoms with Gasteiger partial charge in [0.05, 0.1) is 6.04 Å². The lowest BCUT2D eigenvalue weighted by atomic mass is 10.3. The summed E-state index contributed by atoms with van der Waals surface area (Å²) in [6, 6.07) is 0.136. The Kier molecular flexibility index (Phi) is 4.04. The number of rotatable bonds is 1. The summed E-state index contributed by atoms with van der Waals surface area (Å²) in [4.78, 5) is 15.5. The molecule has 17 heavy (non-hydrogen) atoms. The monoisotopic (exact) mass is 237 g/mol. The van der Waals surface area contributed by atoms with E-state index in [1.165, 1.54) is 0 Å². The molecule has 0 aromatic heterocycles. The molecule has 2 N–H and O–H groups in total. The van der Waals surface area contributed by atoms with Crippen molar-refractivity contribution in [2.75, 3.05) is 39.3 Å². The first-order chi connectivity index (χ1) is 8.29. The summed E-state index contributed by atoms with van der Waals surface area (Å²) >= 11 is 0. The summed E-state index contributed by atoms with van der Waals surface area (Å²) in [7, 11) is 0. The number of nitrogens with one attached hydrogen (secondary N) is 2. The summed E-state index contributed by atoms with van der Waals surface area (Å²) in [6.45, 7) is 4.82. The van der Waals surface area contributed by atoms with Crippen molar-refractivity contribution in [2.24, 2.45) is 0 Å². The van der Waals surface area contributed by atoms with Gasteiger partial charge in [-0.3, -0.25) is 0 Å². The van der Waals surface area contributed by atoms with E-state index in [1.807, 2.05) is 4.90 Å². The van der Waals surface area contributed by atoms with Crippen molar-refractivity contribution < 1.29 is 4.79 Å². The number of urea groups is 1. The first-order valence-electron chi connectivity index (χ1n) is 6.20. The Hall–Kier alpha value is -1.48. The van der Waals surface area contributed by atoms with Gasteiger partial charge in [0, 0.05) is 32.7 Å². The van der Waals surface area contributed by atoms with Crippen molar-refractivity contribution in [3.8, 4) is 6.19 Å². The van der Waals surface area contributed by atoms with Gasteiger partial charge >= 0.3 is 6.03 Å². The standard InChI is InChI=1S/C11H19N5O/c12-9-15-6-2-10(8-15)14-11(17)16-5-1-3-13-4-7-16/h10,13H,1-8H2,(H,14,17). The largest absolute Gasteiger partial charge is 0.333 e. The van der Waals surface area contributed by atoms with Gasteiger partial charge < -0.3 is 20.4 Å². The number of nitrogens with zero attached hydrogens (tertiary/aromatic N) is 3. The van der Waals surface area contributed by atoms with Gasteiger partial charge in [0.2, 0.25) is 0 Å². The zero-order chi connectivity index (χ0) is 12.1. The van der Waals surface area contributed by atoms with Crippen LogP contribution < -0.4 is 10.6 Å². The van der Waals surface area contributed by atoms with E-state index < -0.39 is 0 Å². The van der Waals surface area contributed by atoms with E-state index >= 15 is 0 Å². The molecule has 0 radical (unpaired) electrons. The zero-order valence-corrected chi connectivity index (χ0v) is 9.98. The maximum absolute atomic E-state index is 12.0. The Morgan fingerprint density at radius 1 is 1.35 bits per heavy atom. The fourth-order valence-corrected chi connectivity index (χ4v) is 2.28. The third-order valence-corrected chi connectivity index (χ3v) is 3.28. The predicted octanol–water partition coefficient (Wildman–Crippen LogP) is -0.453. The van der Waals surface area contributed by atoms with E-state index in [1.54, 1.807) is 4.90 Å². The van der Waals surface area contributed by atoms with Crippen LogP contribution in [0.3, 0.4) is 0 Å². The molecule has 2 amide bonds. The van der Waals surface area contributed by atoms with E-state index in [0.29, 0.717) is 6.54 Å². The molecular weight excluding hydrogens is 218 g/mol. The highest BCUT2D eigenvalue weighted by Crippen LogP contribution is 2.08. The lowest BCUT2D eigenvalue weighted by Crippen LogP contribution is -2.46. The highest BCUT2D eigenvalue weighted by atomic mass is 16.2. The summed E-state index contributed by atoms with van der Waals surface area (Å²) in [5, 5.41) is 15.0. The minimum absolute atomic E-state index is 0.0125. The minimum Gasteiger partial charge on any atom is -0.333 e. The van der Waals surface area contributed by atoms with Crippen molar-refractivity contribution in [1.82, 2.24) is 20.4 Å². The SMILES string of the molecule is N#CN1CCC(NC(=O)N2CCCNCC2)C1. The average molecular weight is 237 g/mol. The quantitative estimate of drug-likeness (QED) is 0.606. The summed E-state index contributed by atoms with van der Waals surface area (Å²) in [5.41, 5.74) is 0. The Bertz CT molecular complexity index is 305. The number of hydrogen-bond acceptors (Lipinski definition) is 4. The van der Waals surface area contributed by atoms with Crippen LogP contribution in [0.15, 0.2) is 0 Å². The Morgan fingerprint density at radius 3 is 3.00 bits per heavy atom. The normalized spacial score (nSPS) is 25.2. The molecule has 0 aromatic rings. The molecule has 2 fully saturated rings. The fraction of sp³-hybridized carbons (Fsp3) is 0.818. The third-order valence-electron chi connectivity index (χ3n) is 3.28. The summed E-state index contributed by atoms with van der Waals surface area (Å²) < 4.78 is 0. The molecule has 0 bridgehead atoms. The summed E-state index contributed by atoms with van der Waals surface area (Å²) in [6.07, 6.45) is 3.98. The first-order valence-corrected chi connectivity index (χ1v) is 6.20. The number of hydrogen-bond donors (Lipinski definition) is 2. The van der Waals surface area contributed by atoms with Crippen LogP contribution in [0.25, 0.3) is 0 Å². The van der Waals surface area contributed by atoms with Crippen molar-refractivity contribution in [3.63, 3.8) is 0 Å². The molecule has 1 atom stereocenters. The van der Waals surface area contributed by atoms with E-state index in [9.17, 15) is 4.79 Å². The van der Waals surface area contributed by atoms with Crippen LogP contribution in [-0.4, -0.2) is 61.1 Å². The van der Waals surface area contributed by atoms with Crippen LogP contribution >= 0.6 is 0 Å². The Balaban J connectivity index is 1.78. The molecule has 2 saturated heterocycles. The first kappa shape index (κ1) is 12.0. The van der Waals surface area contributed by atoms with E-state index in [0.717, 1.165) is 45.6 Å². The van der Waals surface area contributed by atoms with Crippen LogP contribution in [0, 0.1) is 11.5 Å². The van der Waals surface area contributed by atoms with Crippen LogP contribution in [-0.2, 0) is 0 Å². The predicted molar refractivity (Wildman–Crippen MR) is 63.2 cm³/mol. The lowest BCUT2D eigenvalue weighted by molar-refractivity contribution is 0.197. The number of carbonyl (C=O) groups is 1. The van der Waals surface area contributed by atoms with Gasteiger partial charge in [-0.2, -0.15) is 5.26 Å². The number of amides is 2. The topological polar surface area (TPSA) is 71.4 Å². The van der Waals surface area contributed by atoms with Gasteiger partial charge in [0.1, 0.15) is 0 Å². The molecule has 2 aliphatic heterocycles. The molecule has 0 aliphatic carbocycles. The molecular formula is C11H19N5O.